The molecular formula is C15H21BrClFN2O. The molecular weight excluding hydrogens is 359 g/mol. The summed E-state index contributed by atoms with van der Waals surface area (Å²) >= 11 is 3.28. The summed E-state index contributed by atoms with van der Waals surface area (Å²) in [5.41, 5.74) is 0.489. The Morgan fingerprint density at radius 1 is 1.52 bits per heavy atom. The smallest absolute Gasteiger partial charge is 0.252 e. The molecule has 1 saturated heterocycles. The fraction of sp³-hybridized carbons (Fsp3) is 0.533. The monoisotopic (exact) mass is 378 g/mol. The van der Waals surface area contributed by atoms with E-state index in [-0.39, 0.29) is 29.8 Å². The SMILES string of the molecule is CC1(C)CCCNC1CNC(=O)c1cc(F)ccc1Br.Cl. The van der Waals surface area contributed by atoms with Crippen LogP contribution < -0.4 is 10.6 Å². The third-order valence-electron chi connectivity index (χ3n) is 3.97. The number of rotatable bonds is 3. The number of hydrogen-bond donors (Lipinski definition) is 2. The predicted octanol–water partition coefficient (Wildman–Crippen LogP) is 3.52. The van der Waals surface area contributed by atoms with Crippen LogP contribution in [0.5, 0.6) is 0 Å². The summed E-state index contributed by atoms with van der Waals surface area (Å²) in [4.78, 5) is 12.1. The molecule has 118 valence electrons. The average Bonchev–Trinajstić information content (AvgIpc) is 2.39. The van der Waals surface area contributed by atoms with Gasteiger partial charge in [-0.1, -0.05) is 13.8 Å². The zero-order chi connectivity index (χ0) is 14.8. The Labute approximate surface area is 139 Å². The Balaban J connectivity index is 0.00000220. The highest BCUT2D eigenvalue weighted by molar-refractivity contribution is 9.10. The first-order valence-electron chi connectivity index (χ1n) is 6.87. The molecule has 2 N–H and O–H groups in total. The van der Waals surface area contributed by atoms with Crippen LogP contribution in [-0.4, -0.2) is 25.0 Å². The third-order valence-corrected chi connectivity index (χ3v) is 4.66. The number of hydrogen-bond acceptors (Lipinski definition) is 2. The van der Waals surface area contributed by atoms with Gasteiger partial charge < -0.3 is 10.6 Å². The minimum Gasteiger partial charge on any atom is -0.350 e. The van der Waals surface area contributed by atoms with Gasteiger partial charge in [0.2, 0.25) is 0 Å². The van der Waals surface area contributed by atoms with Gasteiger partial charge in [-0.05, 0) is 58.9 Å². The zero-order valence-corrected chi connectivity index (χ0v) is 14.6. The molecule has 3 nitrogen and oxygen atoms in total. The van der Waals surface area contributed by atoms with Crippen molar-refractivity contribution < 1.29 is 9.18 Å². The van der Waals surface area contributed by atoms with Crippen LogP contribution in [0, 0.1) is 11.2 Å². The Kier molecular flexibility index (Phi) is 6.63. The molecule has 6 heteroatoms. The van der Waals surface area contributed by atoms with Gasteiger partial charge in [0, 0.05) is 17.1 Å². The molecule has 2 rings (SSSR count). The van der Waals surface area contributed by atoms with Crippen molar-refractivity contribution in [1.29, 1.82) is 0 Å². The molecule has 0 bridgehead atoms. The van der Waals surface area contributed by atoms with Crippen molar-refractivity contribution in [3.05, 3.63) is 34.1 Å². The summed E-state index contributed by atoms with van der Waals surface area (Å²) < 4.78 is 13.8. The van der Waals surface area contributed by atoms with E-state index >= 15 is 0 Å². The summed E-state index contributed by atoms with van der Waals surface area (Å²) in [6, 6.07) is 4.37. The molecule has 0 aromatic heterocycles. The van der Waals surface area contributed by atoms with E-state index in [4.69, 9.17) is 0 Å². The number of carbonyl (C=O) groups excluding carboxylic acids is 1. The first kappa shape index (κ1) is 18.4. The Hall–Kier alpha value is -0.650. The predicted molar refractivity (Wildman–Crippen MR) is 88.5 cm³/mol. The molecule has 1 unspecified atom stereocenters. The van der Waals surface area contributed by atoms with Gasteiger partial charge in [0.25, 0.3) is 5.91 Å². The summed E-state index contributed by atoms with van der Waals surface area (Å²) in [7, 11) is 0. The molecule has 1 amide bonds. The third kappa shape index (κ3) is 4.66. The summed E-state index contributed by atoms with van der Waals surface area (Å²) in [6.07, 6.45) is 2.30. The molecule has 1 aliphatic heterocycles. The van der Waals surface area contributed by atoms with Crippen molar-refractivity contribution >= 4 is 34.2 Å². The fourth-order valence-electron chi connectivity index (χ4n) is 2.58. The number of nitrogens with one attached hydrogen (secondary N) is 2. The van der Waals surface area contributed by atoms with Crippen molar-refractivity contribution in [3.63, 3.8) is 0 Å². The van der Waals surface area contributed by atoms with Crippen molar-refractivity contribution in [2.75, 3.05) is 13.1 Å². The highest BCUT2D eigenvalue weighted by Gasteiger charge is 2.32. The van der Waals surface area contributed by atoms with Gasteiger partial charge >= 0.3 is 0 Å². The summed E-state index contributed by atoms with van der Waals surface area (Å²) in [6.45, 7) is 5.94. The molecule has 0 spiro atoms. The van der Waals surface area contributed by atoms with Gasteiger partial charge in [-0.25, -0.2) is 4.39 Å². The normalized spacial score (nSPS) is 20.5. The van der Waals surface area contributed by atoms with Gasteiger partial charge in [-0.2, -0.15) is 0 Å². The van der Waals surface area contributed by atoms with Crippen LogP contribution in [-0.2, 0) is 0 Å². The number of piperidine rings is 1. The van der Waals surface area contributed by atoms with E-state index in [9.17, 15) is 9.18 Å². The van der Waals surface area contributed by atoms with E-state index < -0.39 is 5.82 Å². The van der Waals surface area contributed by atoms with E-state index in [1.54, 1.807) is 6.07 Å². The highest BCUT2D eigenvalue weighted by atomic mass is 79.9. The number of amides is 1. The Morgan fingerprint density at radius 3 is 2.90 bits per heavy atom. The quantitative estimate of drug-likeness (QED) is 0.844. The van der Waals surface area contributed by atoms with Crippen LogP contribution in [0.4, 0.5) is 4.39 Å². The summed E-state index contributed by atoms with van der Waals surface area (Å²) in [5, 5.41) is 6.34. The van der Waals surface area contributed by atoms with E-state index in [2.05, 4.69) is 40.4 Å². The molecule has 0 aliphatic carbocycles. The van der Waals surface area contributed by atoms with Crippen molar-refractivity contribution in [3.8, 4) is 0 Å². The maximum absolute atomic E-state index is 13.2. The van der Waals surface area contributed by atoms with E-state index in [0.29, 0.717) is 16.6 Å². The van der Waals surface area contributed by atoms with E-state index in [1.165, 1.54) is 12.1 Å². The zero-order valence-electron chi connectivity index (χ0n) is 12.2. The first-order chi connectivity index (χ1) is 9.40. The molecule has 0 radical (unpaired) electrons. The minimum atomic E-state index is -0.408. The largest absolute Gasteiger partial charge is 0.350 e. The second-order valence-electron chi connectivity index (χ2n) is 5.93. The second-order valence-corrected chi connectivity index (χ2v) is 6.79. The highest BCUT2D eigenvalue weighted by Crippen LogP contribution is 2.29. The standard InChI is InChI=1S/C15H20BrFN2O.ClH/c1-15(2)6-3-7-18-13(15)9-19-14(20)11-8-10(17)4-5-12(11)16;/h4-5,8,13,18H,3,6-7,9H2,1-2H3,(H,19,20);1H. The topological polar surface area (TPSA) is 41.1 Å². The lowest BCUT2D eigenvalue weighted by Gasteiger charge is -2.39. The van der Waals surface area contributed by atoms with Crippen molar-refractivity contribution in [2.45, 2.75) is 32.7 Å². The molecule has 0 saturated carbocycles. The Morgan fingerprint density at radius 2 is 2.24 bits per heavy atom. The molecule has 1 aromatic rings. The maximum Gasteiger partial charge on any atom is 0.252 e. The van der Waals surface area contributed by atoms with Gasteiger partial charge in [0.1, 0.15) is 5.82 Å². The molecule has 1 fully saturated rings. The number of halogens is 3. The summed E-state index contributed by atoms with van der Waals surface area (Å²) in [5.74, 6) is -0.658. The van der Waals surface area contributed by atoms with E-state index in [0.717, 1.165) is 19.4 Å². The lowest BCUT2D eigenvalue weighted by Crippen LogP contribution is -2.52. The lowest BCUT2D eigenvalue weighted by molar-refractivity contribution is 0.0927. The van der Waals surface area contributed by atoms with Crippen LogP contribution >= 0.6 is 28.3 Å². The van der Waals surface area contributed by atoms with Gasteiger partial charge in [0.15, 0.2) is 0 Å². The van der Waals surface area contributed by atoms with Gasteiger partial charge in [0.05, 0.1) is 5.56 Å². The van der Waals surface area contributed by atoms with Crippen LogP contribution in [0.1, 0.15) is 37.0 Å². The maximum atomic E-state index is 13.2. The van der Waals surface area contributed by atoms with Crippen LogP contribution in [0.25, 0.3) is 0 Å². The molecule has 1 aromatic carbocycles. The molecule has 1 aliphatic rings. The van der Waals surface area contributed by atoms with Crippen LogP contribution in [0.3, 0.4) is 0 Å². The molecule has 1 atom stereocenters. The number of benzene rings is 1. The van der Waals surface area contributed by atoms with Crippen LogP contribution in [0.2, 0.25) is 0 Å². The Bertz CT molecular complexity index is 510. The van der Waals surface area contributed by atoms with Crippen LogP contribution in [0.15, 0.2) is 22.7 Å². The first-order valence-corrected chi connectivity index (χ1v) is 7.66. The lowest BCUT2D eigenvalue weighted by atomic mass is 9.77. The minimum absolute atomic E-state index is 0. The van der Waals surface area contributed by atoms with Gasteiger partial charge in [-0.3, -0.25) is 4.79 Å². The van der Waals surface area contributed by atoms with E-state index in [1.807, 2.05) is 0 Å². The molecule has 21 heavy (non-hydrogen) atoms. The number of carbonyl (C=O) groups is 1. The van der Waals surface area contributed by atoms with Crippen molar-refractivity contribution in [2.24, 2.45) is 5.41 Å². The molecule has 1 heterocycles. The second kappa shape index (κ2) is 7.56. The van der Waals surface area contributed by atoms with Crippen molar-refractivity contribution in [1.82, 2.24) is 10.6 Å². The fourth-order valence-corrected chi connectivity index (χ4v) is 3.01. The average molecular weight is 380 g/mol. The van der Waals surface area contributed by atoms with Gasteiger partial charge in [-0.15, -0.1) is 12.4 Å².